The van der Waals surface area contributed by atoms with Crippen molar-refractivity contribution < 1.29 is 4.39 Å². The molecule has 0 aliphatic rings. The first-order valence-corrected chi connectivity index (χ1v) is 6.15. The fraction of sp³-hybridized carbons (Fsp3) is 0.571. The van der Waals surface area contributed by atoms with Gasteiger partial charge in [0, 0.05) is 23.8 Å². The van der Waals surface area contributed by atoms with Crippen molar-refractivity contribution in [3.63, 3.8) is 0 Å². The molecule has 17 heavy (non-hydrogen) atoms. The number of rotatable bonds is 5. The number of nitrogens with zero attached hydrogens (tertiary/aromatic N) is 1. The van der Waals surface area contributed by atoms with Crippen LogP contribution in [0.4, 0.5) is 10.1 Å². The van der Waals surface area contributed by atoms with Crippen LogP contribution >= 0.6 is 0 Å². The quantitative estimate of drug-likeness (QED) is 0.798. The Kier molecular flexibility index (Phi) is 4.94. The third-order valence-corrected chi connectivity index (χ3v) is 3.13. The second-order valence-electron chi connectivity index (χ2n) is 5.20. The second kappa shape index (κ2) is 6.01. The van der Waals surface area contributed by atoms with E-state index in [1.807, 2.05) is 7.05 Å². The molecule has 0 spiro atoms. The number of benzene rings is 1. The van der Waals surface area contributed by atoms with Gasteiger partial charge in [0.25, 0.3) is 0 Å². The SMILES string of the molecule is CC(C)CC(C)N(C)Cc1c(N)cccc1F. The maximum Gasteiger partial charge on any atom is 0.129 e. The van der Waals surface area contributed by atoms with Gasteiger partial charge < -0.3 is 5.73 Å². The van der Waals surface area contributed by atoms with Crippen LogP contribution in [0.2, 0.25) is 0 Å². The molecule has 0 bridgehead atoms. The Morgan fingerprint density at radius 1 is 1.29 bits per heavy atom. The largest absolute Gasteiger partial charge is 0.398 e. The smallest absolute Gasteiger partial charge is 0.129 e. The molecule has 0 amide bonds. The number of hydrogen-bond acceptors (Lipinski definition) is 2. The molecule has 2 nitrogen and oxygen atoms in total. The molecular formula is C14H23FN2. The van der Waals surface area contributed by atoms with Gasteiger partial charge in [-0.15, -0.1) is 0 Å². The lowest BCUT2D eigenvalue weighted by Crippen LogP contribution is -2.30. The zero-order valence-corrected chi connectivity index (χ0v) is 11.2. The molecule has 0 heterocycles. The highest BCUT2D eigenvalue weighted by Gasteiger charge is 2.14. The summed E-state index contributed by atoms with van der Waals surface area (Å²) in [6.07, 6.45) is 1.10. The lowest BCUT2D eigenvalue weighted by molar-refractivity contribution is 0.218. The first-order chi connectivity index (χ1) is 7.91. The van der Waals surface area contributed by atoms with E-state index in [-0.39, 0.29) is 5.82 Å². The van der Waals surface area contributed by atoms with Crippen LogP contribution in [-0.2, 0) is 6.54 Å². The first kappa shape index (κ1) is 14.0. The van der Waals surface area contributed by atoms with E-state index in [2.05, 4.69) is 25.7 Å². The Hall–Kier alpha value is -1.09. The van der Waals surface area contributed by atoms with Crippen molar-refractivity contribution in [2.24, 2.45) is 5.92 Å². The van der Waals surface area contributed by atoms with Crippen LogP contribution < -0.4 is 5.73 Å². The summed E-state index contributed by atoms with van der Waals surface area (Å²) in [6, 6.07) is 5.28. The molecule has 1 aromatic rings. The Morgan fingerprint density at radius 3 is 2.47 bits per heavy atom. The minimum Gasteiger partial charge on any atom is -0.398 e. The van der Waals surface area contributed by atoms with E-state index in [0.717, 1.165) is 6.42 Å². The van der Waals surface area contributed by atoms with E-state index < -0.39 is 0 Å². The Morgan fingerprint density at radius 2 is 1.94 bits per heavy atom. The summed E-state index contributed by atoms with van der Waals surface area (Å²) in [5.41, 5.74) is 6.94. The van der Waals surface area contributed by atoms with Gasteiger partial charge in [-0.3, -0.25) is 4.90 Å². The van der Waals surface area contributed by atoms with E-state index in [0.29, 0.717) is 29.8 Å². The van der Waals surface area contributed by atoms with Crippen LogP contribution in [-0.4, -0.2) is 18.0 Å². The molecule has 1 unspecified atom stereocenters. The molecule has 0 radical (unpaired) electrons. The van der Waals surface area contributed by atoms with Crippen LogP contribution in [0, 0.1) is 11.7 Å². The van der Waals surface area contributed by atoms with E-state index in [1.54, 1.807) is 12.1 Å². The van der Waals surface area contributed by atoms with Crippen molar-refractivity contribution in [3.05, 3.63) is 29.6 Å². The normalized spacial score (nSPS) is 13.4. The molecule has 1 atom stereocenters. The predicted molar refractivity (Wildman–Crippen MR) is 71.2 cm³/mol. The van der Waals surface area contributed by atoms with Crippen molar-refractivity contribution >= 4 is 5.69 Å². The van der Waals surface area contributed by atoms with Gasteiger partial charge in [-0.2, -0.15) is 0 Å². The molecule has 0 saturated heterocycles. The van der Waals surface area contributed by atoms with Crippen LogP contribution in [0.25, 0.3) is 0 Å². The summed E-state index contributed by atoms with van der Waals surface area (Å²) in [4.78, 5) is 2.15. The Balaban J connectivity index is 2.70. The van der Waals surface area contributed by atoms with Gasteiger partial charge >= 0.3 is 0 Å². The summed E-state index contributed by atoms with van der Waals surface area (Å²) < 4.78 is 13.6. The summed E-state index contributed by atoms with van der Waals surface area (Å²) in [7, 11) is 2.01. The molecule has 1 aromatic carbocycles. The molecule has 96 valence electrons. The van der Waals surface area contributed by atoms with E-state index in [9.17, 15) is 4.39 Å². The minimum atomic E-state index is -0.214. The molecule has 0 aromatic heterocycles. The van der Waals surface area contributed by atoms with Gasteiger partial charge in [0.1, 0.15) is 5.82 Å². The van der Waals surface area contributed by atoms with Crippen molar-refractivity contribution in [2.75, 3.05) is 12.8 Å². The van der Waals surface area contributed by atoms with Crippen molar-refractivity contribution in [3.8, 4) is 0 Å². The van der Waals surface area contributed by atoms with Crippen LogP contribution in [0.15, 0.2) is 18.2 Å². The highest BCUT2D eigenvalue weighted by molar-refractivity contribution is 5.47. The Bertz CT molecular complexity index is 343. The summed E-state index contributed by atoms with van der Waals surface area (Å²) in [5, 5.41) is 0. The minimum absolute atomic E-state index is 0.214. The lowest BCUT2D eigenvalue weighted by Gasteiger charge is -2.26. The molecule has 1 rings (SSSR count). The zero-order valence-electron chi connectivity index (χ0n) is 11.2. The topological polar surface area (TPSA) is 29.3 Å². The van der Waals surface area contributed by atoms with E-state index in [1.165, 1.54) is 6.07 Å². The van der Waals surface area contributed by atoms with Gasteiger partial charge in [-0.05, 0) is 38.4 Å². The van der Waals surface area contributed by atoms with Gasteiger partial charge in [-0.1, -0.05) is 19.9 Å². The van der Waals surface area contributed by atoms with Gasteiger partial charge in [0.15, 0.2) is 0 Å². The molecule has 0 aliphatic heterocycles. The van der Waals surface area contributed by atoms with E-state index in [4.69, 9.17) is 5.73 Å². The third-order valence-electron chi connectivity index (χ3n) is 3.13. The average Bonchev–Trinajstić information content (AvgIpc) is 2.22. The monoisotopic (exact) mass is 238 g/mol. The molecule has 2 N–H and O–H groups in total. The summed E-state index contributed by atoms with van der Waals surface area (Å²) >= 11 is 0. The maximum absolute atomic E-state index is 13.6. The fourth-order valence-corrected chi connectivity index (χ4v) is 2.01. The third kappa shape index (κ3) is 4.00. The first-order valence-electron chi connectivity index (χ1n) is 6.15. The second-order valence-corrected chi connectivity index (χ2v) is 5.20. The number of hydrogen-bond donors (Lipinski definition) is 1. The number of halogens is 1. The maximum atomic E-state index is 13.6. The van der Waals surface area contributed by atoms with Crippen LogP contribution in [0.5, 0.6) is 0 Å². The van der Waals surface area contributed by atoms with Gasteiger partial charge in [0.05, 0.1) is 0 Å². The molecule has 0 aliphatic carbocycles. The lowest BCUT2D eigenvalue weighted by atomic mass is 10.0. The predicted octanol–water partition coefficient (Wildman–Crippen LogP) is 3.27. The number of nitrogens with two attached hydrogens (primary N) is 1. The van der Waals surface area contributed by atoms with E-state index >= 15 is 0 Å². The molecule has 3 heteroatoms. The molecular weight excluding hydrogens is 215 g/mol. The van der Waals surface area contributed by atoms with Crippen LogP contribution in [0.3, 0.4) is 0 Å². The average molecular weight is 238 g/mol. The van der Waals surface area contributed by atoms with Crippen molar-refractivity contribution in [1.82, 2.24) is 4.90 Å². The van der Waals surface area contributed by atoms with Gasteiger partial charge in [0.2, 0.25) is 0 Å². The van der Waals surface area contributed by atoms with Gasteiger partial charge in [-0.25, -0.2) is 4.39 Å². The van der Waals surface area contributed by atoms with Crippen LogP contribution in [0.1, 0.15) is 32.8 Å². The number of anilines is 1. The molecule has 0 saturated carbocycles. The van der Waals surface area contributed by atoms with Crippen molar-refractivity contribution in [1.29, 1.82) is 0 Å². The Labute approximate surface area is 104 Å². The zero-order chi connectivity index (χ0) is 13.0. The molecule has 0 fully saturated rings. The number of nitrogen functional groups attached to an aromatic ring is 1. The highest BCUT2D eigenvalue weighted by atomic mass is 19.1. The summed E-state index contributed by atoms with van der Waals surface area (Å²) in [6.45, 7) is 7.12. The van der Waals surface area contributed by atoms with Crippen molar-refractivity contribution in [2.45, 2.75) is 39.8 Å². The summed E-state index contributed by atoms with van der Waals surface area (Å²) in [5.74, 6) is 0.430. The standard InChI is InChI=1S/C14H23FN2/c1-10(2)8-11(3)17(4)9-12-13(15)6-5-7-14(12)16/h5-7,10-11H,8-9,16H2,1-4H3. The fourth-order valence-electron chi connectivity index (χ4n) is 2.01. The highest BCUT2D eigenvalue weighted by Crippen LogP contribution is 2.19.